The second-order valence-corrected chi connectivity index (χ2v) is 12.4. The van der Waals surface area contributed by atoms with Crippen molar-refractivity contribution in [2.45, 2.75) is 18.2 Å². The fourth-order valence-electron chi connectivity index (χ4n) is 5.58. The molecule has 0 saturated carbocycles. The van der Waals surface area contributed by atoms with E-state index in [4.69, 9.17) is 4.42 Å². The third kappa shape index (κ3) is 5.51. The van der Waals surface area contributed by atoms with Gasteiger partial charge in [0, 0.05) is 49.9 Å². The molecule has 3 heterocycles. The van der Waals surface area contributed by atoms with Gasteiger partial charge in [-0.2, -0.15) is 5.10 Å². The molecule has 226 valence electrons. The molecular formula is C32H31N5O6S. The standard InChI is InChI=1S/C32H31N5O6S/c1-22-25-21-24(11-12-29(25)43-30(22)32(39)40)44(41,42)37(16-14-23-7-3-2-4-8-23)28-10-6-5-9-27(28)35-17-19-36(20-18-35)31(38)26-13-15-33-34-26/h2-13,15,21H,14,16-20H2,1H3,(H,33,34)(H,39,40). The van der Waals surface area contributed by atoms with E-state index >= 15 is 0 Å². The molecule has 1 amide bonds. The molecule has 0 bridgehead atoms. The SMILES string of the molecule is Cc1c(C(=O)O)oc2ccc(S(=O)(=O)N(CCc3ccccc3)c3ccccc3N3CCN(C(=O)c4ccn[nH]4)CC3)cc12. The summed E-state index contributed by atoms with van der Waals surface area (Å²) in [7, 11) is -4.12. The number of aromatic amines is 1. The molecule has 6 rings (SSSR count). The molecule has 0 radical (unpaired) electrons. The summed E-state index contributed by atoms with van der Waals surface area (Å²) in [5, 5.41) is 16.5. The first-order valence-electron chi connectivity index (χ1n) is 14.2. The Morgan fingerprint density at radius 3 is 2.41 bits per heavy atom. The number of fused-ring (bicyclic) bond motifs is 1. The first-order valence-corrected chi connectivity index (χ1v) is 15.6. The number of carbonyl (C=O) groups excluding carboxylic acids is 1. The number of hydrogen-bond donors (Lipinski definition) is 2. The van der Waals surface area contributed by atoms with Gasteiger partial charge in [0.05, 0.1) is 16.3 Å². The van der Waals surface area contributed by atoms with E-state index < -0.39 is 16.0 Å². The molecule has 0 aliphatic carbocycles. The van der Waals surface area contributed by atoms with Gasteiger partial charge < -0.3 is 19.3 Å². The number of piperazine rings is 1. The van der Waals surface area contributed by atoms with Crippen molar-refractivity contribution in [3.8, 4) is 0 Å². The normalized spacial score (nSPS) is 13.8. The van der Waals surface area contributed by atoms with Crippen LogP contribution in [0.5, 0.6) is 0 Å². The van der Waals surface area contributed by atoms with Gasteiger partial charge >= 0.3 is 5.97 Å². The maximum Gasteiger partial charge on any atom is 0.372 e. The van der Waals surface area contributed by atoms with Crippen molar-refractivity contribution in [3.63, 3.8) is 0 Å². The quantitative estimate of drug-likeness (QED) is 0.247. The van der Waals surface area contributed by atoms with Crippen LogP contribution in [-0.2, 0) is 16.4 Å². The van der Waals surface area contributed by atoms with Gasteiger partial charge in [0.1, 0.15) is 11.3 Å². The zero-order chi connectivity index (χ0) is 30.8. The highest BCUT2D eigenvalue weighted by molar-refractivity contribution is 7.92. The predicted octanol–water partition coefficient (Wildman–Crippen LogP) is 4.56. The molecule has 1 aliphatic heterocycles. The number of carboxylic acids is 1. The molecular weight excluding hydrogens is 582 g/mol. The molecule has 2 aromatic heterocycles. The van der Waals surface area contributed by atoms with Crippen LogP contribution in [-0.4, -0.2) is 73.2 Å². The summed E-state index contributed by atoms with van der Waals surface area (Å²) in [5.74, 6) is -1.56. The minimum absolute atomic E-state index is 0.0312. The zero-order valence-electron chi connectivity index (χ0n) is 24.0. The van der Waals surface area contributed by atoms with Crippen LogP contribution in [0.15, 0.2) is 94.4 Å². The summed E-state index contributed by atoms with van der Waals surface area (Å²) in [5.41, 5.74) is 3.35. The molecule has 0 atom stereocenters. The Kier molecular flexibility index (Phi) is 7.83. The summed E-state index contributed by atoms with van der Waals surface area (Å²) >= 11 is 0. The molecule has 1 aliphatic rings. The van der Waals surface area contributed by atoms with Crippen LogP contribution in [0.25, 0.3) is 11.0 Å². The third-order valence-corrected chi connectivity index (χ3v) is 9.73. The molecule has 11 nitrogen and oxygen atoms in total. The highest BCUT2D eigenvalue weighted by Gasteiger charge is 2.31. The highest BCUT2D eigenvalue weighted by atomic mass is 32.2. The number of furan rings is 1. The lowest BCUT2D eigenvalue weighted by molar-refractivity contribution is 0.0663. The zero-order valence-corrected chi connectivity index (χ0v) is 24.8. The van der Waals surface area contributed by atoms with E-state index in [1.807, 2.05) is 48.5 Å². The van der Waals surface area contributed by atoms with Gasteiger partial charge in [-0.1, -0.05) is 42.5 Å². The van der Waals surface area contributed by atoms with Crippen LogP contribution in [0.4, 0.5) is 11.4 Å². The van der Waals surface area contributed by atoms with Crippen LogP contribution in [0.3, 0.4) is 0 Å². The summed E-state index contributed by atoms with van der Waals surface area (Å²) in [6.45, 7) is 3.73. The van der Waals surface area contributed by atoms with Crippen molar-refractivity contribution >= 4 is 44.2 Å². The van der Waals surface area contributed by atoms with E-state index in [2.05, 4.69) is 15.1 Å². The number of nitrogens with one attached hydrogen (secondary N) is 1. The predicted molar refractivity (Wildman–Crippen MR) is 166 cm³/mol. The molecule has 5 aromatic rings. The summed E-state index contributed by atoms with van der Waals surface area (Å²) in [6.07, 6.45) is 2.01. The molecule has 3 aromatic carbocycles. The largest absolute Gasteiger partial charge is 0.475 e. The van der Waals surface area contributed by atoms with Crippen molar-refractivity contribution in [2.75, 3.05) is 41.9 Å². The van der Waals surface area contributed by atoms with Crippen LogP contribution in [0.2, 0.25) is 0 Å². The van der Waals surface area contributed by atoms with E-state index in [0.717, 1.165) is 11.3 Å². The van der Waals surface area contributed by atoms with Crippen molar-refractivity contribution in [3.05, 3.63) is 108 Å². The molecule has 44 heavy (non-hydrogen) atoms. The molecule has 12 heteroatoms. The monoisotopic (exact) mass is 613 g/mol. The lowest BCUT2D eigenvalue weighted by atomic mass is 10.1. The Labute approximate surface area is 254 Å². The van der Waals surface area contributed by atoms with Gasteiger partial charge in [0.25, 0.3) is 15.9 Å². The average Bonchev–Trinajstić information content (AvgIpc) is 3.70. The number of H-pyrrole nitrogens is 1. The molecule has 1 saturated heterocycles. The van der Waals surface area contributed by atoms with E-state index in [9.17, 15) is 23.1 Å². The average molecular weight is 614 g/mol. The summed E-state index contributed by atoms with van der Waals surface area (Å²) in [4.78, 5) is 28.4. The number of rotatable bonds is 9. The first kappa shape index (κ1) is 29.0. The molecule has 0 unspecified atom stereocenters. The third-order valence-electron chi connectivity index (χ3n) is 7.93. The second-order valence-electron chi connectivity index (χ2n) is 10.6. The number of aryl methyl sites for hydroxylation is 1. The number of carbonyl (C=O) groups is 2. The number of hydrogen-bond acceptors (Lipinski definition) is 7. The molecule has 2 N–H and O–H groups in total. The van der Waals surface area contributed by atoms with Crippen LogP contribution in [0.1, 0.15) is 32.2 Å². The minimum atomic E-state index is -4.12. The number of carboxylic acid groups (broad SMARTS) is 1. The maximum absolute atomic E-state index is 14.5. The van der Waals surface area contributed by atoms with E-state index in [1.54, 1.807) is 30.2 Å². The Bertz CT molecular complexity index is 1910. The van der Waals surface area contributed by atoms with Crippen molar-refractivity contribution in [1.29, 1.82) is 0 Å². The second kappa shape index (κ2) is 11.9. The van der Waals surface area contributed by atoms with Crippen LogP contribution >= 0.6 is 0 Å². The van der Waals surface area contributed by atoms with Gasteiger partial charge in [0.2, 0.25) is 5.76 Å². The minimum Gasteiger partial charge on any atom is -0.475 e. The van der Waals surface area contributed by atoms with Crippen molar-refractivity contribution < 1.29 is 27.5 Å². The number of nitrogens with zero attached hydrogens (tertiary/aromatic N) is 4. The number of anilines is 2. The fourth-order valence-corrected chi connectivity index (χ4v) is 7.08. The molecule has 1 fully saturated rings. The number of sulfonamides is 1. The number of para-hydroxylation sites is 2. The van der Waals surface area contributed by atoms with Gasteiger partial charge in [-0.25, -0.2) is 13.2 Å². The van der Waals surface area contributed by atoms with Gasteiger partial charge in [-0.15, -0.1) is 0 Å². The lowest BCUT2D eigenvalue weighted by Gasteiger charge is -2.38. The lowest BCUT2D eigenvalue weighted by Crippen LogP contribution is -2.49. The van der Waals surface area contributed by atoms with E-state index in [0.29, 0.717) is 60.5 Å². The van der Waals surface area contributed by atoms with Gasteiger partial charge in [-0.3, -0.25) is 14.2 Å². The van der Waals surface area contributed by atoms with Crippen molar-refractivity contribution in [2.24, 2.45) is 0 Å². The highest BCUT2D eigenvalue weighted by Crippen LogP contribution is 2.36. The number of aromatic nitrogens is 2. The smallest absolute Gasteiger partial charge is 0.372 e. The Hall–Kier alpha value is -5.10. The summed E-state index contributed by atoms with van der Waals surface area (Å²) < 4.78 is 35.8. The first-order chi connectivity index (χ1) is 21.2. The summed E-state index contributed by atoms with van der Waals surface area (Å²) in [6, 6.07) is 23.1. The maximum atomic E-state index is 14.5. The van der Waals surface area contributed by atoms with Gasteiger partial charge in [-0.05, 0) is 55.3 Å². The number of benzene rings is 3. The van der Waals surface area contributed by atoms with E-state index in [1.165, 1.54) is 22.5 Å². The number of amides is 1. The van der Waals surface area contributed by atoms with Crippen LogP contribution in [0, 0.1) is 6.92 Å². The van der Waals surface area contributed by atoms with E-state index in [-0.39, 0.29) is 23.1 Å². The van der Waals surface area contributed by atoms with Gasteiger partial charge in [0.15, 0.2) is 0 Å². The van der Waals surface area contributed by atoms with Crippen LogP contribution < -0.4 is 9.21 Å². The number of aromatic carboxylic acids is 1. The molecule has 0 spiro atoms. The Morgan fingerprint density at radius 2 is 1.70 bits per heavy atom. The van der Waals surface area contributed by atoms with Crippen molar-refractivity contribution in [1.82, 2.24) is 15.1 Å². The topological polar surface area (TPSA) is 140 Å². The fraction of sp³-hybridized carbons (Fsp3) is 0.219. The Morgan fingerprint density at radius 1 is 0.977 bits per heavy atom. The Balaban J connectivity index is 1.35.